The minimum Gasteiger partial charge on any atom is -0.323 e. The van der Waals surface area contributed by atoms with Gasteiger partial charge in [0.05, 0.1) is 0 Å². The molecule has 0 radical (unpaired) electrons. The van der Waals surface area contributed by atoms with Crippen molar-refractivity contribution in [2.75, 3.05) is 13.1 Å². The summed E-state index contributed by atoms with van der Waals surface area (Å²) in [6.07, 6.45) is 2.22. The van der Waals surface area contributed by atoms with E-state index in [1.54, 1.807) is 0 Å². The van der Waals surface area contributed by atoms with Crippen molar-refractivity contribution in [3.8, 4) is 0 Å². The average molecular weight is 168 g/mol. The van der Waals surface area contributed by atoms with Gasteiger partial charge in [0.1, 0.15) is 0 Å². The van der Waals surface area contributed by atoms with Gasteiger partial charge in [-0.05, 0) is 11.8 Å². The third kappa shape index (κ3) is 2.32. The summed E-state index contributed by atoms with van der Waals surface area (Å²) in [6, 6.07) is 0.218. The van der Waals surface area contributed by atoms with Crippen molar-refractivity contribution in [3.05, 3.63) is 11.6 Å². The van der Waals surface area contributed by atoms with Crippen LogP contribution in [0.5, 0.6) is 0 Å². The highest BCUT2D eigenvalue weighted by atomic mass is 14.9. The van der Waals surface area contributed by atoms with Gasteiger partial charge in [-0.15, -0.1) is 0 Å². The summed E-state index contributed by atoms with van der Waals surface area (Å²) in [6.45, 7) is 8.73. The van der Waals surface area contributed by atoms with Gasteiger partial charge in [-0.1, -0.05) is 32.4 Å². The molecule has 3 N–H and O–H groups in total. The predicted octanol–water partition coefficient (Wildman–Crippen LogP) is 1.14. The van der Waals surface area contributed by atoms with Crippen molar-refractivity contribution in [1.82, 2.24) is 5.32 Å². The fraction of sp³-hybridized carbons (Fsp3) is 0.800. The lowest BCUT2D eigenvalue weighted by atomic mass is 9.87. The van der Waals surface area contributed by atoms with E-state index >= 15 is 0 Å². The number of hydrogen-bond donors (Lipinski definition) is 2. The zero-order valence-corrected chi connectivity index (χ0v) is 8.30. The van der Waals surface area contributed by atoms with Crippen LogP contribution in [0, 0.1) is 11.8 Å². The molecule has 1 rings (SSSR count). The Morgan fingerprint density at radius 3 is 2.67 bits per heavy atom. The van der Waals surface area contributed by atoms with Crippen LogP contribution in [0.3, 0.4) is 0 Å². The standard InChI is InChI=1S/C10H20N2/c1-7(2)8(3)9-4-10(11)6-12-5-9/h4,7-8,10,12H,5-6,11H2,1-3H3. The molecule has 1 aliphatic heterocycles. The highest BCUT2D eigenvalue weighted by Gasteiger charge is 2.16. The quantitative estimate of drug-likeness (QED) is 0.607. The molecule has 2 heteroatoms. The van der Waals surface area contributed by atoms with E-state index < -0.39 is 0 Å². The Morgan fingerprint density at radius 2 is 2.17 bits per heavy atom. The van der Waals surface area contributed by atoms with E-state index in [0.29, 0.717) is 11.8 Å². The zero-order valence-electron chi connectivity index (χ0n) is 8.30. The van der Waals surface area contributed by atoms with E-state index in [2.05, 4.69) is 32.2 Å². The lowest BCUT2D eigenvalue weighted by Crippen LogP contribution is -2.39. The largest absolute Gasteiger partial charge is 0.323 e. The maximum Gasteiger partial charge on any atom is 0.0354 e. The first-order chi connectivity index (χ1) is 5.61. The fourth-order valence-electron chi connectivity index (χ4n) is 1.52. The average Bonchev–Trinajstić information content (AvgIpc) is 2.03. The van der Waals surface area contributed by atoms with Gasteiger partial charge in [-0.3, -0.25) is 0 Å². The smallest absolute Gasteiger partial charge is 0.0354 e. The lowest BCUT2D eigenvalue weighted by Gasteiger charge is -2.26. The first kappa shape index (κ1) is 9.75. The Kier molecular flexibility index (Phi) is 3.29. The van der Waals surface area contributed by atoms with E-state index in [0.717, 1.165) is 13.1 Å². The van der Waals surface area contributed by atoms with Crippen molar-refractivity contribution < 1.29 is 0 Å². The summed E-state index contributed by atoms with van der Waals surface area (Å²) < 4.78 is 0. The maximum absolute atomic E-state index is 5.82. The van der Waals surface area contributed by atoms with E-state index in [-0.39, 0.29) is 6.04 Å². The summed E-state index contributed by atoms with van der Waals surface area (Å²) in [5, 5.41) is 3.33. The summed E-state index contributed by atoms with van der Waals surface area (Å²) in [4.78, 5) is 0. The molecule has 0 bridgehead atoms. The van der Waals surface area contributed by atoms with Crippen molar-refractivity contribution in [1.29, 1.82) is 0 Å². The Labute approximate surface area is 75.2 Å². The van der Waals surface area contributed by atoms with Gasteiger partial charge < -0.3 is 11.1 Å². The number of hydrogen-bond acceptors (Lipinski definition) is 2. The van der Waals surface area contributed by atoms with E-state index in [1.807, 2.05) is 0 Å². The first-order valence-corrected chi connectivity index (χ1v) is 4.78. The molecule has 0 aliphatic carbocycles. The van der Waals surface area contributed by atoms with Gasteiger partial charge in [-0.25, -0.2) is 0 Å². The molecule has 70 valence electrons. The fourth-order valence-corrected chi connectivity index (χ4v) is 1.52. The second-order valence-corrected chi connectivity index (χ2v) is 4.07. The Bertz CT molecular complexity index is 173. The molecular weight excluding hydrogens is 148 g/mol. The van der Waals surface area contributed by atoms with Crippen LogP contribution in [0.1, 0.15) is 20.8 Å². The van der Waals surface area contributed by atoms with Crippen LogP contribution in [0.25, 0.3) is 0 Å². The van der Waals surface area contributed by atoms with Gasteiger partial charge in [0.2, 0.25) is 0 Å². The molecule has 0 saturated carbocycles. The monoisotopic (exact) mass is 168 g/mol. The van der Waals surface area contributed by atoms with Crippen LogP contribution in [0.2, 0.25) is 0 Å². The molecule has 0 fully saturated rings. The molecule has 0 aromatic carbocycles. The molecule has 1 heterocycles. The predicted molar refractivity (Wildman–Crippen MR) is 52.9 cm³/mol. The first-order valence-electron chi connectivity index (χ1n) is 4.78. The molecule has 1 aliphatic rings. The normalized spacial score (nSPS) is 27.1. The second kappa shape index (κ2) is 4.06. The van der Waals surface area contributed by atoms with Crippen LogP contribution < -0.4 is 11.1 Å². The zero-order chi connectivity index (χ0) is 9.14. The van der Waals surface area contributed by atoms with E-state index in [9.17, 15) is 0 Å². The summed E-state index contributed by atoms with van der Waals surface area (Å²) in [5.41, 5.74) is 7.30. The van der Waals surface area contributed by atoms with Gasteiger partial charge >= 0.3 is 0 Å². The summed E-state index contributed by atoms with van der Waals surface area (Å²) in [5.74, 6) is 1.37. The van der Waals surface area contributed by atoms with Crippen molar-refractivity contribution >= 4 is 0 Å². The third-order valence-corrected chi connectivity index (χ3v) is 2.72. The van der Waals surface area contributed by atoms with Crippen molar-refractivity contribution in [2.45, 2.75) is 26.8 Å². The minimum atomic E-state index is 0.218. The van der Waals surface area contributed by atoms with Crippen LogP contribution in [-0.4, -0.2) is 19.1 Å². The summed E-state index contributed by atoms with van der Waals surface area (Å²) in [7, 11) is 0. The molecule has 0 aromatic rings. The number of rotatable bonds is 2. The maximum atomic E-state index is 5.82. The minimum absolute atomic E-state index is 0.218. The van der Waals surface area contributed by atoms with Crippen molar-refractivity contribution in [3.63, 3.8) is 0 Å². The third-order valence-electron chi connectivity index (χ3n) is 2.72. The van der Waals surface area contributed by atoms with Crippen LogP contribution in [-0.2, 0) is 0 Å². The molecule has 0 amide bonds. The van der Waals surface area contributed by atoms with Crippen molar-refractivity contribution in [2.24, 2.45) is 17.6 Å². The Morgan fingerprint density at radius 1 is 1.50 bits per heavy atom. The number of nitrogens with one attached hydrogen (secondary N) is 1. The van der Waals surface area contributed by atoms with Crippen LogP contribution >= 0.6 is 0 Å². The Balaban J connectivity index is 2.61. The Hall–Kier alpha value is -0.340. The van der Waals surface area contributed by atoms with E-state index in [1.165, 1.54) is 5.57 Å². The van der Waals surface area contributed by atoms with Gasteiger partial charge in [-0.2, -0.15) is 0 Å². The molecule has 0 aromatic heterocycles. The molecule has 12 heavy (non-hydrogen) atoms. The van der Waals surface area contributed by atoms with Crippen LogP contribution in [0.4, 0.5) is 0 Å². The second-order valence-electron chi connectivity index (χ2n) is 4.07. The highest BCUT2D eigenvalue weighted by molar-refractivity contribution is 5.15. The molecule has 2 atom stereocenters. The highest BCUT2D eigenvalue weighted by Crippen LogP contribution is 2.20. The number of nitrogens with two attached hydrogens (primary N) is 1. The molecule has 2 unspecified atom stereocenters. The topological polar surface area (TPSA) is 38.0 Å². The van der Waals surface area contributed by atoms with Gasteiger partial charge in [0.15, 0.2) is 0 Å². The molecule has 0 saturated heterocycles. The SMILES string of the molecule is CC(C)C(C)C1=CC(N)CNC1. The molecule has 0 spiro atoms. The molecule has 2 nitrogen and oxygen atoms in total. The van der Waals surface area contributed by atoms with Gasteiger partial charge in [0.25, 0.3) is 0 Å². The molecular formula is C10H20N2. The van der Waals surface area contributed by atoms with Crippen LogP contribution in [0.15, 0.2) is 11.6 Å². The van der Waals surface area contributed by atoms with Gasteiger partial charge in [0, 0.05) is 19.1 Å². The summed E-state index contributed by atoms with van der Waals surface area (Å²) >= 11 is 0. The lowest BCUT2D eigenvalue weighted by molar-refractivity contribution is 0.450. The van der Waals surface area contributed by atoms with E-state index in [4.69, 9.17) is 5.73 Å².